The number of aryl methyl sites for hydroxylation is 1. The first-order valence-electron chi connectivity index (χ1n) is 11.6. The van der Waals surface area contributed by atoms with Crippen molar-refractivity contribution in [3.8, 4) is 5.75 Å². The lowest BCUT2D eigenvalue weighted by Crippen LogP contribution is -2.55. The van der Waals surface area contributed by atoms with Crippen LogP contribution in [-0.4, -0.2) is 88.4 Å². The minimum atomic E-state index is 0. The number of aliphatic imine (C=N–C) groups is 1. The highest BCUT2D eigenvalue weighted by molar-refractivity contribution is 14.0. The highest BCUT2D eigenvalue weighted by atomic mass is 127. The first-order valence-corrected chi connectivity index (χ1v) is 11.6. The second-order valence-corrected chi connectivity index (χ2v) is 8.68. The number of rotatable bonds is 11. The normalized spacial score (nSPS) is 16.5. The summed E-state index contributed by atoms with van der Waals surface area (Å²) in [6.07, 6.45) is 0. The van der Waals surface area contributed by atoms with Gasteiger partial charge in [-0.05, 0) is 38.4 Å². The Bertz CT molecular complexity index is 678. The average Bonchev–Trinajstić information content (AvgIpc) is 2.74. The molecule has 0 amide bonds. The summed E-state index contributed by atoms with van der Waals surface area (Å²) in [6.45, 7) is 16.7. The van der Waals surface area contributed by atoms with Crippen LogP contribution in [0.1, 0.15) is 31.9 Å². The average molecular weight is 562 g/mol. The summed E-state index contributed by atoms with van der Waals surface area (Å²) in [4.78, 5) is 9.86. The molecule has 1 fully saturated rings. The maximum absolute atomic E-state index is 5.92. The van der Waals surface area contributed by atoms with Crippen molar-refractivity contribution in [2.24, 2.45) is 10.9 Å². The van der Waals surface area contributed by atoms with E-state index in [1.54, 1.807) is 7.11 Å². The number of hydrogen-bond donors (Lipinski definition) is 2. The fourth-order valence-corrected chi connectivity index (χ4v) is 3.81. The topological polar surface area (TPSA) is 61.4 Å². The van der Waals surface area contributed by atoms with Gasteiger partial charge in [-0.2, -0.15) is 0 Å². The molecule has 32 heavy (non-hydrogen) atoms. The minimum absolute atomic E-state index is 0. The highest BCUT2D eigenvalue weighted by Crippen LogP contribution is 2.21. The van der Waals surface area contributed by atoms with Crippen LogP contribution in [0.25, 0.3) is 0 Å². The summed E-state index contributed by atoms with van der Waals surface area (Å²) >= 11 is 0. The number of guanidine groups is 1. The van der Waals surface area contributed by atoms with Crippen LogP contribution in [0.3, 0.4) is 0 Å². The van der Waals surface area contributed by atoms with E-state index < -0.39 is 0 Å². The van der Waals surface area contributed by atoms with E-state index in [0.29, 0.717) is 31.7 Å². The van der Waals surface area contributed by atoms with E-state index in [4.69, 9.17) is 14.5 Å². The van der Waals surface area contributed by atoms with Crippen molar-refractivity contribution in [2.75, 3.05) is 66.6 Å². The fraction of sp³-hybridized carbons (Fsp3) is 0.708. The molecule has 1 aliphatic heterocycles. The third-order valence-corrected chi connectivity index (χ3v) is 5.77. The van der Waals surface area contributed by atoms with Crippen molar-refractivity contribution in [1.82, 2.24) is 20.4 Å². The number of nitrogens with one attached hydrogen (secondary N) is 2. The lowest BCUT2D eigenvalue weighted by molar-refractivity contribution is 0.0900. The summed E-state index contributed by atoms with van der Waals surface area (Å²) in [5.74, 6) is 2.32. The molecule has 2 N–H and O–H groups in total. The van der Waals surface area contributed by atoms with Crippen molar-refractivity contribution < 1.29 is 9.47 Å². The largest absolute Gasteiger partial charge is 0.491 e. The predicted octanol–water partition coefficient (Wildman–Crippen LogP) is 2.97. The van der Waals surface area contributed by atoms with Crippen molar-refractivity contribution in [3.63, 3.8) is 0 Å². The van der Waals surface area contributed by atoms with Gasteiger partial charge < -0.3 is 25.0 Å². The number of nitrogens with zero attached hydrogens (tertiary/aromatic N) is 3. The minimum Gasteiger partial charge on any atom is -0.491 e. The standard InChI is InChI=1S/C24H43N5O2.HI/c1-7-25-24(27-18-22(19(2)3)29-12-10-28(5)11-13-29)26-17-21-9-8-20(4)16-23(21)31-15-14-30-6;/h8-9,16,19,22H,7,10-15,17-18H2,1-6H3,(H2,25,26,27);1H. The molecule has 1 aromatic rings. The van der Waals surface area contributed by atoms with Gasteiger partial charge in [-0.3, -0.25) is 4.90 Å². The van der Waals surface area contributed by atoms with Crippen molar-refractivity contribution in [3.05, 3.63) is 29.3 Å². The molecule has 0 saturated carbocycles. The third kappa shape index (κ3) is 9.80. The van der Waals surface area contributed by atoms with E-state index >= 15 is 0 Å². The summed E-state index contributed by atoms with van der Waals surface area (Å²) in [5, 5.41) is 6.98. The van der Waals surface area contributed by atoms with E-state index in [1.165, 1.54) is 5.56 Å². The Morgan fingerprint density at radius 3 is 2.47 bits per heavy atom. The van der Waals surface area contributed by atoms with Gasteiger partial charge in [-0.25, -0.2) is 4.99 Å². The van der Waals surface area contributed by atoms with Crippen LogP contribution < -0.4 is 15.4 Å². The number of ether oxygens (including phenoxy) is 2. The number of likely N-dealkylation sites (N-methyl/N-ethyl adjacent to an activating group) is 1. The maximum atomic E-state index is 5.92. The van der Waals surface area contributed by atoms with Gasteiger partial charge in [0.1, 0.15) is 12.4 Å². The van der Waals surface area contributed by atoms with Crippen molar-refractivity contribution in [1.29, 1.82) is 0 Å². The molecule has 0 radical (unpaired) electrons. The Kier molecular flexibility index (Phi) is 14.2. The molecule has 7 nitrogen and oxygen atoms in total. The van der Waals surface area contributed by atoms with Gasteiger partial charge in [0.2, 0.25) is 0 Å². The molecular weight excluding hydrogens is 517 g/mol. The van der Waals surface area contributed by atoms with E-state index in [2.05, 4.69) is 73.4 Å². The number of piperazine rings is 1. The van der Waals surface area contributed by atoms with Crippen LogP contribution in [0.2, 0.25) is 0 Å². The van der Waals surface area contributed by atoms with Gasteiger partial charge in [-0.15, -0.1) is 24.0 Å². The zero-order valence-corrected chi connectivity index (χ0v) is 23.1. The molecular formula is C24H44IN5O2. The smallest absolute Gasteiger partial charge is 0.191 e. The molecule has 1 aromatic carbocycles. The second kappa shape index (κ2) is 15.7. The molecule has 2 rings (SSSR count). The fourth-order valence-electron chi connectivity index (χ4n) is 3.81. The molecule has 184 valence electrons. The number of methoxy groups -OCH3 is 1. The summed E-state index contributed by atoms with van der Waals surface area (Å²) in [5.41, 5.74) is 2.26. The van der Waals surface area contributed by atoms with Gasteiger partial charge in [0.25, 0.3) is 0 Å². The van der Waals surface area contributed by atoms with Crippen molar-refractivity contribution >= 4 is 29.9 Å². The van der Waals surface area contributed by atoms with Gasteiger partial charge >= 0.3 is 0 Å². The van der Waals surface area contributed by atoms with Crippen LogP contribution in [0.4, 0.5) is 0 Å². The van der Waals surface area contributed by atoms with E-state index in [1.807, 2.05) is 0 Å². The number of benzene rings is 1. The zero-order chi connectivity index (χ0) is 22.6. The van der Waals surface area contributed by atoms with Crippen molar-refractivity contribution in [2.45, 2.75) is 40.3 Å². The number of hydrogen-bond acceptors (Lipinski definition) is 5. The molecule has 0 aliphatic carbocycles. The maximum Gasteiger partial charge on any atom is 0.191 e. The molecule has 1 atom stereocenters. The predicted molar refractivity (Wildman–Crippen MR) is 144 cm³/mol. The monoisotopic (exact) mass is 561 g/mol. The highest BCUT2D eigenvalue weighted by Gasteiger charge is 2.25. The van der Waals surface area contributed by atoms with E-state index in [-0.39, 0.29) is 24.0 Å². The molecule has 0 spiro atoms. The summed E-state index contributed by atoms with van der Waals surface area (Å²) in [6, 6.07) is 6.77. The lowest BCUT2D eigenvalue weighted by atomic mass is 10.0. The Morgan fingerprint density at radius 1 is 1.12 bits per heavy atom. The first-order chi connectivity index (χ1) is 14.9. The first kappa shape index (κ1) is 28.9. The zero-order valence-electron chi connectivity index (χ0n) is 20.8. The Balaban J connectivity index is 0.00000512. The van der Waals surface area contributed by atoms with Crippen LogP contribution >= 0.6 is 24.0 Å². The molecule has 8 heteroatoms. The van der Waals surface area contributed by atoms with Gasteiger partial charge in [0.15, 0.2) is 5.96 Å². The van der Waals surface area contributed by atoms with Crippen LogP contribution in [0.15, 0.2) is 23.2 Å². The second-order valence-electron chi connectivity index (χ2n) is 8.68. The summed E-state index contributed by atoms with van der Waals surface area (Å²) in [7, 11) is 3.89. The molecule has 1 saturated heterocycles. The van der Waals surface area contributed by atoms with E-state index in [9.17, 15) is 0 Å². The molecule has 1 heterocycles. The number of halogens is 1. The van der Waals surface area contributed by atoms with E-state index in [0.717, 1.165) is 56.5 Å². The Labute approximate surface area is 212 Å². The molecule has 1 unspecified atom stereocenters. The van der Waals surface area contributed by atoms with Crippen LogP contribution in [-0.2, 0) is 11.3 Å². The van der Waals surface area contributed by atoms with Crippen LogP contribution in [0, 0.1) is 12.8 Å². The quantitative estimate of drug-likeness (QED) is 0.188. The molecule has 0 aromatic heterocycles. The van der Waals surface area contributed by atoms with Crippen LogP contribution in [0.5, 0.6) is 5.75 Å². The Morgan fingerprint density at radius 2 is 1.84 bits per heavy atom. The Hall–Kier alpha value is -1.10. The molecule has 1 aliphatic rings. The lowest BCUT2D eigenvalue weighted by Gasteiger charge is -2.40. The third-order valence-electron chi connectivity index (χ3n) is 5.77. The summed E-state index contributed by atoms with van der Waals surface area (Å²) < 4.78 is 11.0. The van der Waals surface area contributed by atoms with Gasteiger partial charge in [-0.1, -0.05) is 26.0 Å². The SMILES string of the molecule is CCNC(=NCc1ccc(C)cc1OCCOC)NCC(C(C)C)N1CCN(C)CC1.I. The van der Waals surface area contributed by atoms with Gasteiger partial charge in [0, 0.05) is 58.0 Å². The van der Waals surface area contributed by atoms with Gasteiger partial charge in [0.05, 0.1) is 13.2 Å². The molecule has 0 bridgehead atoms.